The van der Waals surface area contributed by atoms with E-state index in [-0.39, 0.29) is 18.0 Å². The molecular formula is C18H17IO4. The second-order valence-electron chi connectivity index (χ2n) is 4.86. The number of rotatable bonds is 6. The fourth-order valence-electron chi connectivity index (χ4n) is 2.07. The van der Waals surface area contributed by atoms with Gasteiger partial charge >= 0.3 is 5.97 Å². The van der Waals surface area contributed by atoms with Gasteiger partial charge in [-0.25, -0.2) is 4.79 Å². The minimum absolute atomic E-state index is 0.183. The quantitative estimate of drug-likeness (QED) is 0.395. The third-order valence-electron chi connectivity index (χ3n) is 3.22. The van der Waals surface area contributed by atoms with Crippen LogP contribution in [0.5, 0.6) is 5.75 Å². The second-order valence-corrected chi connectivity index (χ2v) is 6.03. The summed E-state index contributed by atoms with van der Waals surface area (Å²) in [6.07, 6.45) is 0. The van der Waals surface area contributed by atoms with E-state index in [0.717, 1.165) is 9.13 Å². The first-order valence-corrected chi connectivity index (χ1v) is 8.29. The minimum Gasteiger partial charge on any atom is -0.489 e. The first-order valence-electron chi connectivity index (χ1n) is 7.21. The number of esters is 1. The van der Waals surface area contributed by atoms with E-state index in [4.69, 9.17) is 9.47 Å². The number of hydrogen-bond donors (Lipinski definition) is 0. The van der Waals surface area contributed by atoms with Crippen molar-refractivity contribution in [3.8, 4) is 5.75 Å². The third kappa shape index (κ3) is 4.54. The van der Waals surface area contributed by atoms with Crippen LogP contribution in [0.2, 0.25) is 0 Å². The lowest BCUT2D eigenvalue weighted by atomic mass is 10.0. The van der Waals surface area contributed by atoms with Gasteiger partial charge in [0.1, 0.15) is 12.4 Å². The van der Waals surface area contributed by atoms with Gasteiger partial charge in [-0.05, 0) is 60.7 Å². The van der Waals surface area contributed by atoms with Gasteiger partial charge in [0.25, 0.3) is 0 Å². The van der Waals surface area contributed by atoms with Crippen molar-refractivity contribution in [1.82, 2.24) is 0 Å². The monoisotopic (exact) mass is 424 g/mol. The van der Waals surface area contributed by atoms with Crippen molar-refractivity contribution in [3.63, 3.8) is 0 Å². The van der Waals surface area contributed by atoms with Gasteiger partial charge in [-0.2, -0.15) is 0 Å². The average molecular weight is 424 g/mol. The molecule has 2 aromatic carbocycles. The molecule has 0 aliphatic heterocycles. The molecule has 0 aliphatic rings. The molecule has 0 amide bonds. The molecule has 0 N–H and O–H groups in total. The molecule has 2 aromatic rings. The fourth-order valence-corrected chi connectivity index (χ4v) is 2.62. The van der Waals surface area contributed by atoms with Gasteiger partial charge in [-0.15, -0.1) is 0 Å². The lowest BCUT2D eigenvalue weighted by Crippen LogP contribution is -2.11. The molecule has 0 spiro atoms. The Hall–Kier alpha value is -1.89. The summed E-state index contributed by atoms with van der Waals surface area (Å²) >= 11 is 2.25. The maximum absolute atomic E-state index is 12.0. The van der Waals surface area contributed by atoms with Crippen molar-refractivity contribution >= 4 is 34.3 Å². The maximum Gasteiger partial charge on any atom is 0.338 e. The molecule has 0 aromatic heterocycles. The molecule has 0 fully saturated rings. The summed E-state index contributed by atoms with van der Waals surface area (Å²) < 4.78 is 11.9. The third-order valence-corrected chi connectivity index (χ3v) is 4.27. The first-order chi connectivity index (χ1) is 11.0. The van der Waals surface area contributed by atoms with Crippen molar-refractivity contribution in [2.75, 3.05) is 6.61 Å². The second kappa shape index (κ2) is 8.10. The van der Waals surface area contributed by atoms with Crippen molar-refractivity contribution < 1.29 is 19.1 Å². The predicted octanol–water partition coefficient (Wildman–Crippen LogP) is 4.25. The SMILES string of the molecule is CCOC(=O)c1cc(OCc2ccccc2I)ccc1C(C)=O. The highest BCUT2D eigenvalue weighted by molar-refractivity contribution is 14.1. The Morgan fingerprint density at radius 3 is 2.48 bits per heavy atom. The summed E-state index contributed by atoms with van der Waals surface area (Å²) in [5.74, 6) is -0.174. The lowest BCUT2D eigenvalue weighted by Gasteiger charge is -2.11. The van der Waals surface area contributed by atoms with E-state index < -0.39 is 5.97 Å². The van der Waals surface area contributed by atoms with Crippen LogP contribution in [0.1, 0.15) is 40.1 Å². The van der Waals surface area contributed by atoms with Crippen LogP contribution in [0.15, 0.2) is 42.5 Å². The van der Waals surface area contributed by atoms with Crippen LogP contribution in [0.3, 0.4) is 0 Å². The Morgan fingerprint density at radius 2 is 1.83 bits per heavy atom. The molecule has 0 heterocycles. The largest absolute Gasteiger partial charge is 0.489 e. The number of benzene rings is 2. The van der Waals surface area contributed by atoms with Gasteiger partial charge in [0.15, 0.2) is 5.78 Å². The van der Waals surface area contributed by atoms with Gasteiger partial charge in [-0.3, -0.25) is 4.79 Å². The normalized spacial score (nSPS) is 10.2. The molecule has 0 atom stereocenters. The van der Waals surface area contributed by atoms with E-state index in [1.165, 1.54) is 6.92 Å². The molecular weight excluding hydrogens is 407 g/mol. The zero-order valence-corrected chi connectivity index (χ0v) is 15.1. The molecule has 0 aliphatic carbocycles. The van der Waals surface area contributed by atoms with Crippen LogP contribution in [0, 0.1) is 3.57 Å². The van der Waals surface area contributed by atoms with Crippen LogP contribution < -0.4 is 4.74 Å². The van der Waals surface area contributed by atoms with Gasteiger partial charge in [-0.1, -0.05) is 18.2 Å². The molecule has 0 radical (unpaired) electrons. The molecule has 120 valence electrons. The van der Waals surface area contributed by atoms with E-state index >= 15 is 0 Å². The molecule has 0 unspecified atom stereocenters. The molecule has 5 heteroatoms. The van der Waals surface area contributed by atoms with Crippen molar-refractivity contribution in [3.05, 3.63) is 62.7 Å². The van der Waals surface area contributed by atoms with Gasteiger partial charge in [0.2, 0.25) is 0 Å². The summed E-state index contributed by atoms with van der Waals surface area (Å²) in [4.78, 5) is 23.7. The highest BCUT2D eigenvalue weighted by Gasteiger charge is 2.17. The standard InChI is InChI=1S/C18H17IO4/c1-3-22-18(21)16-10-14(8-9-15(16)12(2)20)23-11-13-6-4-5-7-17(13)19/h4-10H,3,11H2,1-2H3. The van der Waals surface area contributed by atoms with Crippen LogP contribution >= 0.6 is 22.6 Å². The number of carbonyl (C=O) groups is 2. The molecule has 0 bridgehead atoms. The Kier molecular flexibility index (Phi) is 6.15. The van der Waals surface area contributed by atoms with Crippen molar-refractivity contribution in [2.24, 2.45) is 0 Å². The Labute approximate surface area is 148 Å². The number of Topliss-reactive ketones (excluding diaryl/α,β-unsaturated/α-hetero) is 1. The highest BCUT2D eigenvalue weighted by Crippen LogP contribution is 2.21. The summed E-state index contributed by atoms with van der Waals surface area (Å²) in [5.41, 5.74) is 1.63. The van der Waals surface area contributed by atoms with Crippen LogP contribution in [-0.4, -0.2) is 18.4 Å². The number of carbonyl (C=O) groups excluding carboxylic acids is 2. The number of halogens is 1. The van der Waals surface area contributed by atoms with Crippen LogP contribution in [-0.2, 0) is 11.3 Å². The van der Waals surface area contributed by atoms with Gasteiger partial charge in [0.05, 0.1) is 12.2 Å². The first kappa shape index (κ1) is 17.5. The summed E-state index contributed by atoms with van der Waals surface area (Å²) in [6, 6.07) is 12.7. The van der Waals surface area contributed by atoms with E-state index in [2.05, 4.69) is 22.6 Å². The molecule has 2 rings (SSSR count). The highest BCUT2D eigenvalue weighted by atomic mass is 127. The van der Waals surface area contributed by atoms with Gasteiger partial charge in [0, 0.05) is 14.7 Å². The lowest BCUT2D eigenvalue weighted by molar-refractivity contribution is 0.0522. The van der Waals surface area contributed by atoms with E-state index in [0.29, 0.717) is 17.9 Å². The zero-order valence-electron chi connectivity index (χ0n) is 13.0. The van der Waals surface area contributed by atoms with E-state index in [1.807, 2.05) is 24.3 Å². The van der Waals surface area contributed by atoms with E-state index in [9.17, 15) is 9.59 Å². The Balaban J connectivity index is 2.23. The van der Waals surface area contributed by atoms with Crippen molar-refractivity contribution in [1.29, 1.82) is 0 Å². The number of hydrogen-bond acceptors (Lipinski definition) is 4. The predicted molar refractivity (Wildman–Crippen MR) is 95.9 cm³/mol. The fraction of sp³-hybridized carbons (Fsp3) is 0.222. The van der Waals surface area contributed by atoms with Gasteiger partial charge < -0.3 is 9.47 Å². The molecule has 0 saturated carbocycles. The molecule has 23 heavy (non-hydrogen) atoms. The molecule has 0 saturated heterocycles. The smallest absolute Gasteiger partial charge is 0.338 e. The van der Waals surface area contributed by atoms with Crippen LogP contribution in [0.25, 0.3) is 0 Å². The Bertz CT molecular complexity index is 725. The molecule has 4 nitrogen and oxygen atoms in total. The Morgan fingerprint density at radius 1 is 1.09 bits per heavy atom. The minimum atomic E-state index is -0.516. The topological polar surface area (TPSA) is 52.6 Å². The zero-order chi connectivity index (χ0) is 16.8. The summed E-state index contributed by atoms with van der Waals surface area (Å²) in [7, 11) is 0. The van der Waals surface area contributed by atoms with Crippen LogP contribution in [0.4, 0.5) is 0 Å². The van der Waals surface area contributed by atoms with E-state index in [1.54, 1.807) is 25.1 Å². The summed E-state index contributed by atoms with van der Waals surface area (Å²) in [5, 5.41) is 0. The number of ketones is 1. The number of ether oxygens (including phenoxy) is 2. The maximum atomic E-state index is 12.0. The summed E-state index contributed by atoms with van der Waals surface area (Å²) in [6.45, 7) is 3.79. The average Bonchev–Trinajstić information content (AvgIpc) is 2.54. The van der Waals surface area contributed by atoms with Crippen molar-refractivity contribution in [2.45, 2.75) is 20.5 Å².